The summed E-state index contributed by atoms with van der Waals surface area (Å²) in [6.07, 6.45) is 2.75. The summed E-state index contributed by atoms with van der Waals surface area (Å²) in [6, 6.07) is 10.0. The Hall–Kier alpha value is -2.47. The van der Waals surface area contributed by atoms with Crippen molar-refractivity contribution in [3.8, 4) is 0 Å². The molecule has 3 aromatic rings. The van der Waals surface area contributed by atoms with E-state index >= 15 is 0 Å². The van der Waals surface area contributed by atoms with Crippen LogP contribution in [0.3, 0.4) is 0 Å². The average molecular weight is 339 g/mol. The molecule has 0 bridgehead atoms. The molecule has 1 aliphatic rings. The van der Waals surface area contributed by atoms with Crippen molar-refractivity contribution in [2.45, 2.75) is 25.9 Å². The monoisotopic (exact) mass is 339 g/mol. The number of aromatic nitrogens is 2. The molecule has 0 saturated carbocycles. The van der Waals surface area contributed by atoms with Gasteiger partial charge in [0.2, 0.25) is 5.91 Å². The molecular formula is C18H17N3O2S. The van der Waals surface area contributed by atoms with Crippen molar-refractivity contribution >= 4 is 27.5 Å². The van der Waals surface area contributed by atoms with Gasteiger partial charge < -0.3 is 4.90 Å². The highest BCUT2D eigenvalue weighted by Gasteiger charge is 2.20. The Morgan fingerprint density at radius 3 is 2.92 bits per heavy atom. The van der Waals surface area contributed by atoms with Crippen LogP contribution < -0.4 is 5.56 Å². The highest BCUT2D eigenvalue weighted by molar-refractivity contribution is 7.16. The van der Waals surface area contributed by atoms with Crippen LogP contribution in [0.4, 0.5) is 0 Å². The van der Waals surface area contributed by atoms with Crippen molar-refractivity contribution in [3.63, 3.8) is 0 Å². The Morgan fingerprint density at radius 2 is 2.04 bits per heavy atom. The van der Waals surface area contributed by atoms with Crippen LogP contribution in [0.2, 0.25) is 0 Å². The fourth-order valence-electron chi connectivity index (χ4n) is 3.14. The number of thiophene rings is 1. The van der Waals surface area contributed by atoms with E-state index in [0.29, 0.717) is 24.9 Å². The summed E-state index contributed by atoms with van der Waals surface area (Å²) in [5.41, 5.74) is 2.47. The molecule has 0 unspecified atom stereocenters. The Kier molecular flexibility index (Phi) is 3.90. The van der Waals surface area contributed by atoms with E-state index in [-0.39, 0.29) is 11.5 Å². The second-order valence-electron chi connectivity index (χ2n) is 5.97. The maximum Gasteiger partial charge on any atom is 0.262 e. The van der Waals surface area contributed by atoms with Crippen LogP contribution in [0.25, 0.3) is 10.2 Å². The van der Waals surface area contributed by atoms with Crippen LogP contribution in [-0.4, -0.2) is 26.9 Å². The van der Waals surface area contributed by atoms with Gasteiger partial charge in [-0.05, 0) is 29.0 Å². The Labute approximate surface area is 143 Å². The third-order valence-electron chi connectivity index (χ3n) is 4.50. The predicted molar refractivity (Wildman–Crippen MR) is 94.1 cm³/mol. The fourth-order valence-corrected chi connectivity index (χ4v) is 3.86. The average Bonchev–Trinajstić information content (AvgIpc) is 3.10. The minimum Gasteiger partial charge on any atom is -0.338 e. The van der Waals surface area contributed by atoms with Crippen LogP contribution in [0.5, 0.6) is 0 Å². The number of hydrogen-bond donors (Lipinski definition) is 0. The lowest BCUT2D eigenvalue weighted by atomic mass is 10.00. The van der Waals surface area contributed by atoms with E-state index in [9.17, 15) is 9.59 Å². The lowest BCUT2D eigenvalue weighted by Crippen LogP contribution is -2.36. The highest BCUT2D eigenvalue weighted by Crippen LogP contribution is 2.19. The number of nitrogens with zero attached hydrogens (tertiary/aromatic N) is 3. The summed E-state index contributed by atoms with van der Waals surface area (Å²) in [5.74, 6) is 0.0850. The van der Waals surface area contributed by atoms with Crippen molar-refractivity contribution in [2.24, 2.45) is 0 Å². The molecule has 0 N–H and O–H groups in total. The molecule has 0 spiro atoms. The van der Waals surface area contributed by atoms with Crippen LogP contribution in [0.15, 0.2) is 46.8 Å². The summed E-state index contributed by atoms with van der Waals surface area (Å²) in [4.78, 5) is 31.7. The molecule has 6 heteroatoms. The molecule has 1 aliphatic heterocycles. The van der Waals surface area contributed by atoms with E-state index in [0.717, 1.165) is 17.8 Å². The van der Waals surface area contributed by atoms with Gasteiger partial charge in [0.25, 0.3) is 5.56 Å². The first-order valence-corrected chi connectivity index (χ1v) is 8.87. The topological polar surface area (TPSA) is 55.2 Å². The number of fused-ring (bicyclic) bond motifs is 2. The molecule has 122 valence electrons. The number of carbonyl (C=O) groups excluding carboxylic acids is 1. The maximum atomic E-state index is 12.5. The van der Waals surface area contributed by atoms with Gasteiger partial charge in [0.05, 0.1) is 11.7 Å². The third kappa shape index (κ3) is 2.73. The number of carbonyl (C=O) groups is 1. The maximum absolute atomic E-state index is 12.5. The zero-order valence-electron chi connectivity index (χ0n) is 13.1. The van der Waals surface area contributed by atoms with Gasteiger partial charge in [0.1, 0.15) is 4.83 Å². The number of rotatable bonds is 3. The van der Waals surface area contributed by atoms with Crippen molar-refractivity contribution in [3.05, 3.63) is 63.5 Å². The van der Waals surface area contributed by atoms with Crippen molar-refractivity contribution in [1.29, 1.82) is 0 Å². The van der Waals surface area contributed by atoms with Crippen molar-refractivity contribution in [2.75, 3.05) is 6.54 Å². The summed E-state index contributed by atoms with van der Waals surface area (Å²) in [5, 5.41) is 2.49. The number of hydrogen-bond acceptors (Lipinski definition) is 4. The van der Waals surface area contributed by atoms with E-state index in [1.54, 1.807) is 12.4 Å². The molecule has 4 rings (SSSR count). The lowest BCUT2D eigenvalue weighted by Gasteiger charge is -2.29. The number of amides is 1. The van der Waals surface area contributed by atoms with Crippen molar-refractivity contribution < 1.29 is 4.79 Å². The van der Waals surface area contributed by atoms with E-state index in [1.807, 2.05) is 22.4 Å². The zero-order chi connectivity index (χ0) is 16.5. The highest BCUT2D eigenvalue weighted by atomic mass is 32.1. The molecule has 0 aliphatic carbocycles. The predicted octanol–water partition coefficient (Wildman–Crippen LogP) is 2.43. The van der Waals surface area contributed by atoms with E-state index in [1.165, 1.54) is 27.0 Å². The van der Waals surface area contributed by atoms with Crippen LogP contribution in [-0.2, 0) is 24.3 Å². The van der Waals surface area contributed by atoms with Gasteiger partial charge in [-0.1, -0.05) is 24.3 Å². The van der Waals surface area contributed by atoms with Gasteiger partial charge in [0.15, 0.2) is 0 Å². The number of benzene rings is 1. The third-order valence-corrected chi connectivity index (χ3v) is 5.32. The standard InChI is InChI=1S/C18H17N3O2S/c22-16(20-8-5-13-3-1-2-4-14(13)11-20)6-9-21-12-19-17-15(18(21)23)7-10-24-17/h1-4,7,10,12H,5-6,8-9,11H2. The zero-order valence-corrected chi connectivity index (χ0v) is 14.0. The first-order chi connectivity index (χ1) is 11.7. The molecule has 3 heterocycles. The SMILES string of the molecule is O=C(CCn1cnc2sccc2c1=O)N1CCc2ccccc2C1. The summed E-state index contributed by atoms with van der Waals surface area (Å²) < 4.78 is 1.53. The van der Waals surface area contributed by atoms with Gasteiger partial charge in [-0.3, -0.25) is 14.2 Å². The first-order valence-electron chi connectivity index (χ1n) is 7.99. The Bertz CT molecular complexity index is 960. The quantitative estimate of drug-likeness (QED) is 0.736. The van der Waals surface area contributed by atoms with E-state index in [4.69, 9.17) is 0 Å². The summed E-state index contributed by atoms with van der Waals surface area (Å²) in [7, 11) is 0. The molecule has 0 radical (unpaired) electrons. The van der Waals surface area contributed by atoms with E-state index < -0.39 is 0 Å². The van der Waals surface area contributed by atoms with Crippen molar-refractivity contribution in [1.82, 2.24) is 14.5 Å². The molecule has 0 fully saturated rings. The Balaban J connectivity index is 1.45. The fraction of sp³-hybridized carbons (Fsp3) is 0.278. The molecule has 0 atom stereocenters. The molecule has 0 saturated heterocycles. The second kappa shape index (κ2) is 6.20. The molecule has 5 nitrogen and oxygen atoms in total. The van der Waals surface area contributed by atoms with Crippen LogP contribution >= 0.6 is 11.3 Å². The van der Waals surface area contributed by atoms with Gasteiger partial charge in [0, 0.05) is 26.1 Å². The van der Waals surface area contributed by atoms with Crippen LogP contribution in [0, 0.1) is 0 Å². The largest absolute Gasteiger partial charge is 0.338 e. The number of aryl methyl sites for hydroxylation is 1. The van der Waals surface area contributed by atoms with Crippen LogP contribution in [0.1, 0.15) is 17.5 Å². The van der Waals surface area contributed by atoms with E-state index in [2.05, 4.69) is 17.1 Å². The first kappa shape index (κ1) is 15.1. The minimum absolute atomic E-state index is 0.0713. The molecule has 24 heavy (non-hydrogen) atoms. The molecular weight excluding hydrogens is 322 g/mol. The Morgan fingerprint density at radius 1 is 1.21 bits per heavy atom. The second-order valence-corrected chi connectivity index (χ2v) is 6.86. The normalized spacial score (nSPS) is 13.9. The summed E-state index contributed by atoms with van der Waals surface area (Å²) in [6.45, 7) is 1.77. The van der Waals surface area contributed by atoms with Gasteiger partial charge in [-0.15, -0.1) is 11.3 Å². The lowest BCUT2D eigenvalue weighted by molar-refractivity contribution is -0.132. The smallest absolute Gasteiger partial charge is 0.262 e. The van der Waals surface area contributed by atoms with Gasteiger partial charge in [-0.25, -0.2) is 4.98 Å². The molecule has 1 amide bonds. The van der Waals surface area contributed by atoms with Gasteiger partial charge in [-0.2, -0.15) is 0 Å². The summed E-state index contributed by atoms with van der Waals surface area (Å²) >= 11 is 1.45. The minimum atomic E-state index is -0.0713. The molecule has 1 aromatic carbocycles. The van der Waals surface area contributed by atoms with Gasteiger partial charge >= 0.3 is 0 Å². The molecule has 2 aromatic heterocycles.